The van der Waals surface area contributed by atoms with Crippen LogP contribution in [-0.4, -0.2) is 23.7 Å². The quantitative estimate of drug-likeness (QED) is 0.854. The van der Waals surface area contributed by atoms with Gasteiger partial charge in [0.1, 0.15) is 12.4 Å². The van der Waals surface area contributed by atoms with E-state index >= 15 is 0 Å². The normalized spacial score (nSPS) is 17.5. The van der Waals surface area contributed by atoms with Crippen LogP contribution in [0.3, 0.4) is 0 Å². The third-order valence-corrected chi connectivity index (χ3v) is 3.42. The molecule has 0 saturated carbocycles. The number of amides is 1. The summed E-state index contributed by atoms with van der Waals surface area (Å²) in [5, 5.41) is 4.27. The summed E-state index contributed by atoms with van der Waals surface area (Å²) >= 11 is 6.13. The van der Waals surface area contributed by atoms with E-state index in [4.69, 9.17) is 20.9 Å². The Bertz CT molecular complexity index is 627. The van der Waals surface area contributed by atoms with Gasteiger partial charge >= 0.3 is 0 Å². The number of carbonyl (C=O) groups excluding carboxylic acids is 1. The third-order valence-electron chi connectivity index (χ3n) is 3.12. The summed E-state index contributed by atoms with van der Waals surface area (Å²) in [7, 11) is 0. The first-order valence-electron chi connectivity index (χ1n) is 6.30. The van der Waals surface area contributed by atoms with Gasteiger partial charge in [0.25, 0.3) is 0 Å². The molecule has 2 aromatic rings. The molecule has 1 amide bonds. The standard InChI is InChI=1S/C14H13ClN2O3/c1-9-8-17(13(18)7-10-5-6-19-16-10)12-4-2-3-11(15)14(12)20-9/h2-6,9H,7-8H2,1H3/t9-/m1/s1. The van der Waals surface area contributed by atoms with Gasteiger partial charge in [-0.3, -0.25) is 4.79 Å². The molecular formula is C14H13ClN2O3. The predicted octanol–water partition coefficient (Wildman–Crippen LogP) is 2.68. The van der Waals surface area contributed by atoms with Crippen LogP contribution in [0.25, 0.3) is 0 Å². The highest BCUT2D eigenvalue weighted by Crippen LogP contribution is 2.39. The Kier molecular flexibility index (Phi) is 3.36. The maximum Gasteiger partial charge on any atom is 0.233 e. The number of aromatic nitrogens is 1. The molecule has 1 atom stereocenters. The molecule has 0 spiro atoms. The number of halogens is 1. The Balaban J connectivity index is 1.90. The first kappa shape index (κ1) is 13.0. The number of para-hydroxylation sites is 1. The molecular weight excluding hydrogens is 280 g/mol. The summed E-state index contributed by atoms with van der Waals surface area (Å²) in [4.78, 5) is 14.1. The fourth-order valence-electron chi connectivity index (χ4n) is 2.24. The average molecular weight is 293 g/mol. The Morgan fingerprint density at radius 2 is 2.35 bits per heavy atom. The lowest BCUT2D eigenvalue weighted by Gasteiger charge is -2.33. The monoisotopic (exact) mass is 292 g/mol. The second kappa shape index (κ2) is 5.17. The Morgan fingerprint density at radius 1 is 1.50 bits per heavy atom. The van der Waals surface area contributed by atoms with Crippen molar-refractivity contribution in [3.8, 4) is 5.75 Å². The topological polar surface area (TPSA) is 55.6 Å². The van der Waals surface area contributed by atoms with Gasteiger partial charge in [-0.1, -0.05) is 22.8 Å². The van der Waals surface area contributed by atoms with Crippen LogP contribution in [-0.2, 0) is 11.2 Å². The SMILES string of the molecule is C[C@@H]1CN(C(=O)Cc2ccon2)c2cccc(Cl)c2O1. The van der Waals surface area contributed by atoms with Gasteiger partial charge in [-0.05, 0) is 19.1 Å². The lowest BCUT2D eigenvalue weighted by atomic mass is 10.1. The predicted molar refractivity (Wildman–Crippen MR) is 74.1 cm³/mol. The highest BCUT2D eigenvalue weighted by atomic mass is 35.5. The zero-order valence-corrected chi connectivity index (χ0v) is 11.6. The Hall–Kier alpha value is -2.01. The number of ether oxygens (including phenoxy) is 1. The number of benzene rings is 1. The van der Waals surface area contributed by atoms with Gasteiger partial charge in [-0.25, -0.2) is 0 Å². The van der Waals surface area contributed by atoms with Crippen molar-refractivity contribution in [2.24, 2.45) is 0 Å². The molecule has 0 N–H and O–H groups in total. The smallest absolute Gasteiger partial charge is 0.233 e. The van der Waals surface area contributed by atoms with Crippen molar-refractivity contribution in [2.75, 3.05) is 11.4 Å². The van der Waals surface area contributed by atoms with Crippen LogP contribution in [0.2, 0.25) is 5.02 Å². The van der Waals surface area contributed by atoms with Crippen molar-refractivity contribution in [3.63, 3.8) is 0 Å². The Morgan fingerprint density at radius 3 is 3.10 bits per heavy atom. The fourth-order valence-corrected chi connectivity index (χ4v) is 2.45. The molecule has 1 aromatic heterocycles. The third kappa shape index (κ3) is 2.36. The average Bonchev–Trinajstić information content (AvgIpc) is 2.92. The minimum atomic E-state index is -0.108. The van der Waals surface area contributed by atoms with Crippen molar-refractivity contribution < 1.29 is 14.1 Å². The molecule has 0 bridgehead atoms. The first-order valence-corrected chi connectivity index (χ1v) is 6.67. The van der Waals surface area contributed by atoms with Crippen LogP contribution in [0.1, 0.15) is 12.6 Å². The number of hydrogen-bond acceptors (Lipinski definition) is 4. The molecule has 0 saturated heterocycles. The highest BCUT2D eigenvalue weighted by Gasteiger charge is 2.29. The van der Waals surface area contributed by atoms with E-state index in [1.54, 1.807) is 23.1 Å². The van der Waals surface area contributed by atoms with Crippen LogP contribution >= 0.6 is 11.6 Å². The van der Waals surface area contributed by atoms with Gasteiger partial charge in [-0.15, -0.1) is 0 Å². The first-order chi connectivity index (χ1) is 9.65. The van der Waals surface area contributed by atoms with Crippen LogP contribution < -0.4 is 9.64 Å². The van der Waals surface area contributed by atoms with Gasteiger partial charge < -0.3 is 14.2 Å². The zero-order chi connectivity index (χ0) is 14.1. The van der Waals surface area contributed by atoms with Gasteiger partial charge in [-0.2, -0.15) is 0 Å². The molecule has 3 rings (SSSR count). The van der Waals surface area contributed by atoms with E-state index in [0.29, 0.717) is 28.7 Å². The lowest BCUT2D eigenvalue weighted by molar-refractivity contribution is -0.118. The molecule has 5 nitrogen and oxygen atoms in total. The van der Waals surface area contributed by atoms with E-state index in [1.807, 2.05) is 13.0 Å². The largest absolute Gasteiger partial charge is 0.485 e. The van der Waals surface area contributed by atoms with Gasteiger partial charge in [0.2, 0.25) is 5.91 Å². The summed E-state index contributed by atoms with van der Waals surface area (Å²) in [6.45, 7) is 2.40. The lowest BCUT2D eigenvalue weighted by Crippen LogP contribution is -2.43. The van der Waals surface area contributed by atoms with Crippen LogP contribution in [0.5, 0.6) is 5.75 Å². The van der Waals surface area contributed by atoms with Crippen molar-refractivity contribution in [1.29, 1.82) is 0 Å². The summed E-state index contributed by atoms with van der Waals surface area (Å²) < 4.78 is 10.5. The number of carbonyl (C=O) groups is 1. The van der Waals surface area contributed by atoms with Crippen molar-refractivity contribution in [3.05, 3.63) is 41.2 Å². The molecule has 6 heteroatoms. The fraction of sp³-hybridized carbons (Fsp3) is 0.286. The van der Waals surface area contributed by atoms with E-state index in [9.17, 15) is 4.79 Å². The van der Waals surface area contributed by atoms with Crippen LogP contribution in [0.4, 0.5) is 5.69 Å². The van der Waals surface area contributed by atoms with Crippen LogP contribution in [0.15, 0.2) is 35.1 Å². The number of rotatable bonds is 2. The number of anilines is 1. The van der Waals surface area contributed by atoms with Crippen LogP contribution in [0, 0.1) is 0 Å². The van der Waals surface area contributed by atoms with Gasteiger partial charge in [0.15, 0.2) is 5.75 Å². The molecule has 0 fully saturated rings. The molecule has 1 aliphatic heterocycles. The van der Waals surface area contributed by atoms with Crippen molar-refractivity contribution in [2.45, 2.75) is 19.4 Å². The van der Waals surface area contributed by atoms with Gasteiger partial charge in [0.05, 0.1) is 29.4 Å². The van der Waals surface area contributed by atoms with E-state index < -0.39 is 0 Å². The van der Waals surface area contributed by atoms with Crippen molar-refractivity contribution >= 4 is 23.2 Å². The maximum absolute atomic E-state index is 12.4. The molecule has 20 heavy (non-hydrogen) atoms. The van der Waals surface area contributed by atoms with E-state index in [-0.39, 0.29) is 18.4 Å². The minimum absolute atomic E-state index is 0.0578. The van der Waals surface area contributed by atoms with Gasteiger partial charge in [0, 0.05) is 6.07 Å². The molecule has 0 aliphatic carbocycles. The number of hydrogen-bond donors (Lipinski definition) is 0. The molecule has 1 aliphatic rings. The summed E-state index contributed by atoms with van der Waals surface area (Å²) in [6, 6.07) is 7.06. The maximum atomic E-state index is 12.4. The molecule has 0 unspecified atom stereocenters. The molecule has 1 aromatic carbocycles. The molecule has 0 radical (unpaired) electrons. The summed E-state index contributed by atoms with van der Waals surface area (Å²) in [5.41, 5.74) is 1.31. The number of fused-ring (bicyclic) bond motifs is 1. The second-order valence-electron chi connectivity index (χ2n) is 4.69. The van der Waals surface area contributed by atoms with E-state index in [1.165, 1.54) is 6.26 Å². The van der Waals surface area contributed by atoms with Crippen molar-refractivity contribution in [1.82, 2.24) is 5.16 Å². The van der Waals surface area contributed by atoms with E-state index in [2.05, 4.69) is 5.16 Å². The summed E-state index contributed by atoms with van der Waals surface area (Å²) in [5.74, 6) is 0.499. The zero-order valence-electron chi connectivity index (χ0n) is 10.9. The minimum Gasteiger partial charge on any atom is -0.485 e. The van der Waals surface area contributed by atoms with E-state index in [0.717, 1.165) is 0 Å². The number of nitrogens with zero attached hydrogens (tertiary/aromatic N) is 2. The Labute approximate surface area is 121 Å². The molecule has 104 valence electrons. The molecule has 2 heterocycles. The second-order valence-corrected chi connectivity index (χ2v) is 5.10. The highest BCUT2D eigenvalue weighted by molar-refractivity contribution is 6.32. The summed E-state index contributed by atoms with van der Waals surface area (Å²) in [6.07, 6.45) is 1.54.